The van der Waals surface area contributed by atoms with Crippen LogP contribution in [0.25, 0.3) is 0 Å². The van der Waals surface area contributed by atoms with E-state index < -0.39 is 5.82 Å². The molecule has 0 unspecified atom stereocenters. The predicted octanol–water partition coefficient (Wildman–Crippen LogP) is 5.04. The maximum absolute atomic E-state index is 13.8. The molecule has 0 saturated heterocycles. The minimum atomic E-state index is -0.425. The van der Waals surface area contributed by atoms with E-state index in [1.165, 1.54) is 6.07 Å². The highest BCUT2D eigenvalue weighted by atomic mass is 79.9. The number of pyridine rings is 1. The van der Waals surface area contributed by atoms with E-state index in [-0.39, 0.29) is 5.75 Å². The van der Waals surface area contributed by atoms with Gasteiger partial charge in [-0.25, -0.2) is 9.37 Å². The van der Waals surface area contributed by atoms with E-state index in [1.54, 1.807) is 18.3 Å². The first-order chi connectivity index (χ1) is 9.95. The van der Waals surface area contributed by atoms with Gasteiger partial charge in [0.15, 0.2) is 11.6 Å². The minimum absolute atomic E-state index is 0.144. The highest BCUT2D eigenvalue weighted by Crippen LogP contribution is 2.29. The van der Waals surface area contributed by atoms with Crippen LogP contribution in [0.1, 0.15) is 19.4 Å². The van der Waals surface area contributed by atoms with E-state index in [1.807, 2.05) is 6.07 Å². The lowest BCUT2D eigenvalue weighted by Gasteiger charge is -2.13. The van der Waals surface area contributed by atoms with Crippen molar-refractivity contribution in [2.75, 3.05) is 0 Å². The monoisotopic (exact) mass is 416 g/mol. The van der Waals surface area contributed by atoms with Crippen LogP contribution >= 0.6 is 31.9 Å². The van der Waals surface area contributed by atoms with E-state index in [0.717, 1.165) is 14.5 Å². The summed E-state index contributed by atoms with van der Waals surface area (Å²) in [6.45, 7) is 4.70. The second-order valence-electron chi connectivity index (χ2n) is 4.83. The Morgan fingerprint density at radius 1 is 1.24 bits per heavy atom. The molecule has 0 fully saturated rings. The number of nitrogens with one attached hydrogen (secondary N) is 1. The molecule has 112 valence electrons. The zero-order valence-corrected chi connectivity index (χ0v) is 14.8. The smallest absolute Gasteiger partial charge is 0.223 e. The molecule has 0 bridgehead atoms. The number of rotatable bonds is 5. The van der Waals surface area contributed by atoms with E-state index in [2.05, 4.69) is 56.0 Å². The van der Waals surface area contributed by atoms with Gasteiger partial charge in [0.25, 0.3) is 0 Å². The number of hydrogen-bond donors (Lipinski definition) is 1. The van der Waals surface area contributed by atoms with Crippen LogP contribution in [0.15, 0.2) is 39.4 Å². The second-order valence-corrected chi connectivity index (χ2v) is 6.66. The zero-order valence-electron chi connectivity index (χ0n) is 11.7. The summed E-state index contributed by atoms with van der Waals surface area (Å²) in [4.78, 5) is 4.23. The van der Waals surface area contributed by atoms with Crippen LogP contribution in [0, 0.1) is 5.82 Å². The molecule has 3 nitrogen and oxygen atoms in total. The summed E-state index contributed by atoms with van der Waals surface area (Å²) in [5, 5.41) is 3.30. The lowest BCUT2D eigenvalue weighted by molar-refractivity contribution is 0.418. The third-order valence-corrected chi connectivity index (χ3v) is 3.62. The Hall–Kier alpha value is -0.980. The van der Waals surface area contributed by atoms with Gasteiger partial charge in [0.1, 0.15) is 0 Å². The Morgan fingerprint density at radius 2 is 2.00 bits per heavy atom. The molecule has 2 aromatic rings. The largest absolute Gasteiger partial charge is 0.436 e. The molecule has 0 aliphatic rings. The fraction of sp³-hybridized carbons (Fsp3) is 0.267. The maximum Gasteiger partial charge on any atom is 0.223 e. The Kier molecular flexibility index (Phi) is 5.72. The van der Waals surface area contributed by atoms with Gasteiger partial charge in [0, 0.05) is 33.3 Å². The van der Waals surface area contributed by atoms with Gasteiger partial charge in [-0.3, -0.25) is 0 Å². The third-order valence-electron chi connectivity index (χ3n) is 2.69. The zero-order chi connectivity index (χ0) is 15.4. The predicted molar refractivity (Wildman–Crippen MR) is 88.1 cm³/mol. The van der Waals surface area contributed by atoms with Gasteiger partial charge in [-0.05, 0) is 40.2 Å². The van der Waals surface area contributed by atoms with Gasteiger partial charge in [0.05, 0.1) is 0 Å². The van der Waals surface area contributed by atoms with E-state index in [9.17, 15) is 4.39 Å². The van der Waals surface area contributed by atoms with Crippen molar-refractivity contribution < 1.29 is 9.13 Å². The van der Waals surface area contributed by atoms with Gasteiger partial charge >= 0.3 is 0 Å². The van der Waals surface area contributed by atoms with Crippen molar-refractivity contribution >= 4 is 31.9 Å². The van der Waals surface area contributed by atoms with Crippen molar-refractivity contribution in [3.63, 3.8) is 0 Å². The van der Waals surface area contributed by atoms with Crippen molar-refractivity contribution in [2.24, 2.45) is 0 Å². The molecule has 0 aliphatic carbocycles. The molecular weight excluding hydrogens is 403 g/mol. The van der Waals surface area contributed by atoms with Crippen LogP contribution < -0.4 is 10.1 Å². The van der Waals surface area contributed by atoms with Crippen LogP contribution in [0.5, 0.6) is 11.6 Å². The molecule has 0 atom stereocenters. The quantitative estimate of drug-likeness (QED) is 0.740. The molecule has 6 heteroatoms. The molecular formula is C15H15Br2FN2O. The second kappa shape index (κ2) is 7.33. The third kappa shape index (κ3) is 4.76. The standard InChI is InChI=1S/C15H15Br2FN2O/c1-9(2)19-7-10-5-12(17)8-20-15(10)21-14-6-11(16)3-4-13(14)18/h3-6,8-9,19H,7H2,1-2H3. The maximum atomic E-state index is 13.8. The SMILES string of the molecule is CC(C)NCc1cc(Br)cnc1Oc1cc(Br)ccc1F. The molecule has 1 aromatic heterocycles. The molecule has 0 spiro atoms. The van der Waals surface area contributed by atoms with Crippen molar-refractivity contribution in [3.05, 3.63) is 50.8 Å². The summed E-state index contributed by atoms with van der Waals surface area (Å²) in [6.07, 6.45) is 1.63. The molecule has 0 saturated carbocycles. The molecule has 1 N–H and O–H groups in total. The van der Waals surface area contributed by atoms with Crippen LogP contribution in [-0.4, -0.2) is 11.0 Å². The van der Waals surface area contributed by atoms with Crippen LogP contribution in [0.3, 0.4) is 0 Å². The van der Waals surface area contributed by atoms with Gasteiger partial charge in [-0.15, -0.1) is 0 Å². The van der Waals surface area contributed by atoms with Crippen molar-refractivity contribution in [2.45, 2.75) is 26.4 Å². The number of ether oxygens (including phenoxy) is 1. The van der Waals surface area contributed by atoms with Crippen LogP contribution in [-0.2, 0) is 6.54 Å². The lowest BCUT2D eigenvalue weighted by atomic mass is 10.2. The van der Waals surface area contributed by atoms with Gasteiger partial charge in [-0.2, -0.15) is 0 Å². The number of nitrogens with zero attached hydrogens (tertiary/aromatic N) is 1. The molecule has 1 heterocycles. The number of aromatic nitrogens is 1. The van der Waals surface area contributed by atoms with Crippen LogP contribution in [0.4, 0.5) is 4.39 Å². The average molecular weight is 418 g/mol. The summed E-state index contributed by atoms with van der Waals surface area (Å²) in [5.41, 5.74) is 0.859. The van der Waals surface area contributed by atoms with Crippen molar-refractivity contribution in [1.29, 1.82) is 0 Å². The molecule has 2 rings (SSSR count). The Morgan fingerprint density at radius 3 is 2.71 bits per heavy atom. The number of halogens is 3. The fourth-order valence-corrected chi connectivity index (χ4v) is 2.38. The summed E-state index contributed by atoms with van der Waals surface area (Å²) in [7, 11) is 0. The van der Waals surface area contributed by atoms with E-state index in [0.29, 0.717) is 18.5 Å². The van der Waals surface area contributed by atoms with Crippen LogP contribution in [0.2, 0.25) is 0 Å². The summed E-state index contributed by atoms with van der Waals surface area (Å²) >= 11 is 6.69. The van der Waals surface area contributed by atoms with E-state index in [4.69, 9.17) is 4.74 Å². The molecule has 0 aliphatic heterocycles. The lowest BCUT2D eigenvalue weighted by Crippen LogP contribution is -2.22. The van der Waals surface area contributed by atoms with Gasteiger partial charge in [0.2, 0.25) is 5.88 Å². The summed E-state index contributed by atoms with van der Waals surface area (Å²) < 4.78 is 21.0. The van der Waals surface area contributed by atoms with Gasteiger partial charge in [-0.1, -0.05) is 29.8 Å². The van der Waals surface area contributed by atoms with Gasteiger partial charge < -0.3 is 10.1 Å². The van der Waals surface area contributed by atoms with E-state index >= 15 is 0 Å². The average Bonchev–Trinajstić information content (AvgIpc) is 2.43. The van der Waals surface area contributed by atoms with Crippen molar-refractivity contribution in [3.8, 4) is 11.6 Å². The highest BCUT2D eigenvalue weighted by molar-refractivity contribution is 9.10. The first-order valence-corrected chi connectivity index (χ1v) is 8.05. The minimum Gasteiger partial charge on any atom is -0.436 e. The topological polar surface area (TPSA) is 34.2 Å². The number of hydrogen-bond acceptors (Lipinski definition) is 3. The Bertz CT molecular complexity index is 635. The molecule has 0 radical (unpaired) electrons. The molecule has 0 amide bonds. The normalized spacial score (nSPS) is 11.0. The molecule has 21 heavy (non-hydrogen) atoms. The Balaban J connectivity index is 2.28. The molecule has 1 aromatic carbocycles. The Labute approximate surface area is 140 Å². The first kappa shape index (κ1) is 16.4. The fourth-order valence-electron chi connectivity index (χ4n) is 1.66. The highest BCUT2D eigenvalue weighted by Gasteiger charge is 2.11. The summed E-state index contributed by atoms with van der Waals surface area (Å²) in [6, 6.07) is 6.80. The summed E-state index contributed by atoms with van der Waals surface area (Å²) in [5.74, 6) is 0.110. The number of benzene rings is 1. The first-order valence-electron chi connectivity index (χ1n) is 6.46. The van der Waals surface area contributed by atoms with Crippen molar-refractivity contribution in [1.82, 2.24) is 10.3 Å².